The summed E-state index contributed by atoms with van der Waals surface area (Å²) in [6.45, 7) is 7.65. The van der Waals surface area contributed by atoms with Crippen molar-refractivity contribution in [3.63, 3.8) is 0 Å². The van der Waals surface area contributed by atoms with E-state index in [4.69, 9.17) is 15.9 Å². The maximum atomic E-state index is 12.2. The maximum Gasteiger partial charge on any atom is 0.325 e. The lowest BCUT2D eigenvalue weighted by atomic mass is 9.98. The van der Waals surface area contributed by atoms with Crippen molar-refractivity contribution in [2.24, 2.45) is 5.73 Å². The first-order chi connectivity index (χ1) is 14.3. The van der Waals surface area contributed by atoms with E-state index in [0.29, 0.717) is 11.4 Å². The molecule has 160 valence electrons. The van der Waals surface area contributed by atoms with Gasteiger partial charge >= 0.3 is 6.03 Å². The Morgan fingerprint density at radius 1 is 1.23 bits per heavy atom. The van der Waals surface area contributed by atoms with Gasteiger partial charge in [0.1, 0.15) is 17.3 Å². The maximum absolute atomic E-state index is 12.2. The van der Waals surface area contributed by atoms with Crippen LogP contribution in [0, 0.1) is 5.41 Å². The van der Waals surface area contributed by atoms with Gasteiger partial charge in [-0.2, -0.15) is 0 Å². The first-order valence-corrected chi connectivity index (χ1v) is 9.98. The summed E-state index contributed by atoms with van der Waals surface area (Å²) in [6, 6.07) is 9.70. The van der Waals surface area contributed by atoms with Gasteiger partial charge in [-0.15, -0.1) is 0 Å². The minimum atomic E-state index is -0.795. The van der Waals surface area contributed by atoms with Gasteiger partial charge < -0.3 is 25.8 Å². The van der Waals surface area contributed by atoms with Crippen LogP contribution >= 0.6 is 0 Å². The van der Waals surface area contributed by atoms with Gasteiger partial charge in [0, 0.05) is 37.9 Å². The van der Waals surface area contributed by atoms with Crippen LogP contribution in [0.3, 0.4) is 0 Å². The molecule has 0 atom stereocenters. The Morgan fingerprint density at radius 2 is 1.87 bits per heavy atom. The number of aromatic hydroxyl groups is 1. The number of nitrogens with zero attached hydrogens (tertiary/aromatic N) is 2. The van der Waals surface area contributed by atoms with Gasteiger partial charge in [-0.3, -0.25) is 5.41 Å². The number of carbonyl (C=O) groups is 1. The van der Waals surface area contributed by atoms with Gasteiger partial charge in [-0.05, 0) is 41.8 Å². The minimum absolute atomic E-state index is 0.104. The lowest BCUT2D eigenvalue weighted by Crippen LogP contribution is -2.43. The van der Waals surface area contributed by atoms with Crippen molar-refractivity contribution in [1.29, 1.82) is 5.41 Å². The van der Waals surface area contributed by atoms with Crippen molar-refractivity contribution < 1.29 is 14.6 Å². The molecule has 1 saturated heterocycles. The number of carbonyl (C=O) groups excluding carboxylic acids is 1. The van der Waals surface area contributed by atoms with E-state index in [1.165, 1.54) is 13.2 Å². The summed E-state index contributed by atoms with van der Waals surface area (Å²) in [5.41, 5.74) is 8.17. The van der Waals surface area contributed by atoms with E-state index >= 15 is 0 Å². The van der Waals surface area contributed by atoms with E-state index in [1.54, 1.807) is 18.2 Å². The van der Waals surface area contributed by atoms with Gasteiger partial charge in [0.05, 0.1) is 18.4 Å². The Balaban J connectivity index is 1.94. The fourth-order valence-corrected chi connectivity index (χ4v) is 3.63. The molecule has 5 N–H and O–H groups in total. The van der Waals surface area contributed by atoms with Gasteiger partial charge in [0.2, 0.25) is 0 Å². The van der Waals surface area contributed by atoms with Crippen molar-refractivity contribution in [1.82, 2.24) is 5.32 Å². The average Bonchev–Trinajstić information content (AvgIpc) is 2.74. The number of nitrogens with one attached hydrogen (secondary N) is 2. The molecule has 0 spiro atoms. The minimum Gasteiger partial charge on any atom is -0.507 e. The van der Waals surface area contributed by atoms with Gasteiger partial charge in [-0.1, -0.05) is 13.8 Å². The molecule has 30 heavy (non-hydrogen) atoms. The highest BCUT2D eigenvalue weighted by Gasteiger charge is 2.24. The molecule has 0 unspecified atom stereocenters. The van der Waals surface area contributed by atoms with Gasteiger partial charge in [-0.25, -0.2) is 9.69 Å². The normalized spacial score (nSPS) is 13.9. The summed E-state index contributed by atoms with van der Waals surface area (Å²) in [5, 5.41) is 22.4. The number of piperazine rings is 1. The van der Waals surface area contributed by atoms with E-state index in [1.807, 2.05) is 26.0 Å². The highest BCUT2D eigenvalue weighted by Crippen LogP contribution is 2.34. The second kappa shape index (κ2) is 9.04. The number of hydrogen-bond donors (Lipinski definition) is 4. The molecular formula is C22H29N5O3. The van der Waals surface area contributed by atoms with Crippen LogP contribution in [0.25, 0.3) is 0 Å². The van der Waals surface area contributed by atoms with Crippen LogP contribution in [0.4, 0.5) is 16.2 Å². The molecule has 0 radical (unpaired) electrons. The monoisotopic (exact) mass is 411 g/mol. The second-order valence-electron chi connectivity index (χ2n) is 7.54. The molecule has 8 nitrogen and oxygen atoms in total. The van der Waals surface area contributed by atoms with Crippen LogP contribution < -0.4 is 25.6 Å². The first-order valence-electron chi connectivity index (χ1n) is 9.98. The predicted octanol–water partition coefficient (Wildman–Crippen LogP) is 2.84. The van der Waals surface area contributed by atoms with Crippen molar-refractivity contribution in [2.45, 2.75) is 19.8 Å². The third-order valence-electron chi connectivity index (χ3n) is 5.26. The summed E-state index contributed by atoms with van der Waals surface area (Å²) >= 11 is 0. The number of amidine groups is 1. The lowest BCUT2D eigenvalue weighted by Gasteiger charge is -2.30. The number of phenolic OH excluding ortho intramolecular Hbond substituents is 1. The zero-order chi connectivity index (χ0) is 21.8. The summed E-state index contributed by atoms with van der Waals surface area (Å²) in [4.78, 5) is 15.6. The molecule has 3 rings (SSSR count). The highest BCUT2D eigenvalue weighted by atomic mass is 16.5. The van der Waals surface area contributed by atoms with Crippen LogP contribution in [0.2, 0.25) is 0 Å². The zero-order valence-electron chi connectivity index (χ0n) is 17.6. The topological polar surface area (TPSA) is 115 Å². The number of amides is 2. The molecule has 1 heterocycles. The molecule has 0 aromatic heterocycles. The lowest BCUT2D eigenvalue weighted by molar-refractivity contribution is 0.256. The number of anilines is 2. The fraction of sp³-hybridized carbons (Fsp3) is 0.364. The quantitative estimate of drug-likeness (QED) is 0.446. The Morgan fingerprint density at radius 3 is 2.40 bits per heavy atom. The second-order valence-corrected chi connectivity index (χ2v) is 7.54. The number of benzene rings is 2. The molecule has 2 aromatic carbocycles. The third-order valence-corrected chi connectivity index (χ3v) is 5.26. The number of ether oxygens (including phenoxy) is 1. The largest absolute Gasteiger partial charge is 0.507 e. The van der Waals surface area contributed by atoms with E-state index in [2.05, 4.69) is 10.2 Å². The van der Waals surface area contributed by atoms with E-state index in [0.717, 1.165) is 42.3 Å². The molecule has 0 aliphatic carbocycles. The van der Waals surface area contributed by atoms with Crippen molar-refractivity contribution >= 4 is 23.2 Å². The fourth-order valence-electron chi connectivity index (χ4n) is 3.63. The SMILES string of the molecule is COc1cc(O)c(C(=N)N(C(N)=O)c2ccc(N3CCNCC3)cc2)cc1C(C)C. The predicted molar refractivity (Wildman–Crippen MR) is 119 cm³/mol. The van der Waals surface area contributed by atoms with Crippen LogP contribution in [-0.4, -0.2) is 50.3 Å². The molecule has 0 bridgehead atoms. The van der Waals surface area contributed by atoms with Crippen molar-refractivity contribution in [2.75, 3.05) is 43.1 Å². The standard InChI is InChI=1S/C22H29N5O3/c1-14(2)17-12-18(19(28)13-20(17)30-3)21(23)27(22(24)29)16-6-4-15(5-7-16)26-10-8-25-9-11-26/h4-7,12-14,23,25,28H,8-11H2,1-3H3,(H2,24,29). The van der Waals surface area contributed by atoms with Gasteiger partial charge in [0.15, 0.2) is 0 Å². The Kier molecular flexibility index (Phi) is 6.47. The summed E-state index contributed by atoms with van der Waals surface area (Å²) in [5.74, 6) is 0.293. The number of urea groups is 1. The molecule has 1 aliphatic rings. The highest BCUT2D eigenvalue weighted by molar-refractivity contribution is 6.22. The van der Waals surface area contributed by atoms with E-state index in [-0.39, 0.29) is 23.1 Å². The zero-order valence-corrected chi connectivity index (χ0v) is 17.6. The summed E-state index contributed by atoms with van der Waals surface area (Å²) in [7, 11) is 1.53. The van der Waals surface area contributed by atoms with Gasteiger partial charge in [0.25, 0.3) is 0 Å². The molecule has 2 amide bonds. The number of primary amides is 1. The molecule has 2 aromatic rings. The van der Waals surface area contributed by atoms with E-state index < -0.39 is 6.03 Å². The van der Waals surface area contributed by atoms with Crippen molar-refractivity contribution in [3.8, 4) is 11.5 Å². The number of rotatable bonds is 5. The van der Waals surface area contributed by atoms with E-state index in [9.17, 15) is 9.90 Å². The number of phenols is 1. The average molecular weight is 412 g/mol. The van der Waals surface area contributed by atoms with Crippen molar-refractivity contribution in [3.05, 3.63) is 47.5 Å². The Bertz CT molecular complexity index is 921. The van der Waals surface area contributed by atoms with Crippen LogP contribution in [-0.2, 0) is 0 Å². The molecular weight excluding hydrogens is 382 g/mol. The molecule has 1 fully saturated rings. The number of hydrogen-bond acceptors (Lipinski definition) is 6. The van der Waals surface area contributed by atoms with Crippen LogP contribution in [0.5, 0.6) is 11.5 Å². The van der Waals surface area contributed by atoms with Crippen LogP contribution in [0.1, 0.15) is 30.9 Å². The number of methoxy groups -OCH3 is 1. The number of nitrogens with two attached hydrogens (primary N) is 1. The molecule has 1 aliphatic heterocycles. The van der Waals surface area contributed by atoms with Crippen LogP contribution in [0.15, 0.2) is 36.4 Å². The summed E-state index contributed by atoms with van der Waals surface area (Å²) < 4.78 is 5.34. The summed E-state index contributed by atoms with van der Waals surface area (Å²) in [6.07, 6.45) is 0. The smallest absolute Gasteiger partial charge is 0.325 e. The molecule has 0 saturated carbocycles. The Hall–Kier alpha value is -3.26. The Labute approximate surface area is 176 Å². The third kappa shape index (κ3) is 4.33. The molecule has 8 heteroatoms. The first kappa shape index (κ1) is 21.4.